The van der Waals surface area contributed by atoms with Crippen LogP contribution in [0.25, 0.3) is 0 Å². The van der Waals surface area contributed by atoms with Gasteiger partial charge in [0.1, 0.15) is 18.5 Å². The molecule has 1 aromatic rings. The van der Waals surface area contributed by atoms with Crippen molar-refractivity contribution in [3.63, 3.8) is 0 Å². The van der Waals surface area contributed by atoms with Gasteiger partial charge in [-0.1, -0.05) is 18.2 Å². The lowest BCUT2D eigenvalue weighted by Gasteiger charge is -1.99. The van der Waals surface area contributed by atoms with Gasteiger partial charge in [-0.05, 0) is 12.1 Å². The standard InChI is InChI=1S/C9H8O3/c10-7-6-9(11)12-8-4-2-1-3-5-8/h1-5,7H,6H2. The monoisotopic (exact) mass is 164 g/mol. The van der Waals surface area contributed by atoms with Crippen LogP contribution >= 0.6 is 0 Å². The van der Waals surface area contributed by atoms with Gasteiger partial charge in [-0.15, -0.1) is 0 Å². The molecule has 0 amide bonds. The largest absolute Gasteiger partial charge is 0.426 e. The van der Waals surface area contributed by atoms with Gasteiger partial charge in [-0.25, -0.2) is 0 Å². The maximum atomic E-state index is 10.8. The second-order valence-electron chi connectivity index (χ2n) is 2.16. The summed E-state index contributed by atoms with van der Waals surface area (Å²) in [6, 6.07) is 8.63. The van der Waals surface area contributed by atoms with Gasteiger partial charge in [0.15, 0.2) is 0 Å². The summed E-state index contributed by atoms with van der Waals surface area (Å²) in [6.45, 7) is 0. The Labute approximate surface area is 70.0 Å². The molecule has 0 aliphatic rings. The first-order valence-electron chi connectivity index (χ1n) is 3.52. The molecule has 62 valence electrons. The van der Waals surface area contributed by atoms with Crippen molar-refractivity contribution in [1.29, 1.82) is 0 Å². The summed E-state index contributed by atoms with van der Waals surface area (Å²) in [5, 5.41) is 0. The molecule has 0 N–H and O–H groups in total. The van der Waals surface area contributed by atoms with Gasteiger partial charge in [-0.2, -0.15) is 0 Å². The Morgan fingerprint density at radius 1 is 1.33 bits per heavy atom. The van der Waals surface area contributed by atoms with Crippen LogP contribution in [0.1, 0.15) is 6.42 Å². The Bertz CT molecular complexity index is 266. The van der Waals surface area contributed by atoms with E-state index in [9.17, 15) is 9.59 Å². The smallest absolute Gasteiger partial charge is 0.318 e. The third-order valence-corrected chi connectivity index (χ3v) is 1.22. The van der Waals surface area contributed by atoms with Crippen molar-refractivity contribution < 1.29 is 14.3 Å². The summed E-state index contributed by atoms with van der Waals surface area (Å²) in [6.07, 6.45) is 0.320. The van der Waals surface area contributed by atoms with Crippen molar-refractivity contribution in [2.45, 2.75) is 6.42 Å². The topological polar surface area (TPSA) is 43.4 Å². The van der Waals surface area contributed by atoms with Crippen molar-refractivity contribution in [2.24, 2.45) is 0 Å². The Morgan fingerprint density at radius 2 is 2.00 bits per heavy atom. The van der Waals surface area contributed by atoms with Crippen molar-refractivity contribution in [3.8, 4) is 5.75 Å². The number of esters is 1. The fraction of sp³-hybridized carbons (Fsp3) is 0.111. The molecule has 1 rings (SSSR count). The molecule has 0 unspecified atom stereocenters. The normalized spacial score (nSPS) is 9.00. The summed E-state index contributed by atoms with van der Waals surface area (Å²) in [5.74, 6) is -0.0689. The molecule has 0 aliphatic carbocycles. The first-order valence-corrected chi connectivity index (χ1v) is 3.52. The minimum atomic E-state index is -0.531. The second kappa shape index (κ2) is 4.28. The Morgan fingerprint density at radius 3 is 2.58 bits per heavy atom. The van der Waals surface area contributed by atoms with Crippen LogP contribution in [0.15, 0.2) is 30.3 Å². The van der Waals surface area contributed by atoms with E-state index < -0.39 is 5.97 Å². The first-order chi connectivity index (χ1) is 5.83. The highest BCUT2D eigenvalue weighted by Crippen LogP contribution is 2.08. The minimum Gasteiger partial charge on any atom is -0.426 e. The van der Waals surface area contributed by atoms with E-state index >= 15 is 0 Å². The molecule has 0 spiro atoms. The predicted molar refractivity (Wildman–Crippen MR) is 42.8 cm³/mol. The molecule has 0 aromatic heterocycles. The first kappa shape index (κ1) is 8.46. The van der Waals surface area contributed by atoms with Gasteiger partial charge in [0.2, 0.25) is 0 Å². The van der Waals surface area contributed by atoms with E-state index in [0.717, 1.165) is 0 Å². The van der Waals surface area contributed by atoms with Gasteiger partial charge < -0.3 is 9.53 Å². The molecular weight excluding hydrogens is 156 g/mol. The van der Waals surface area contributed by atoms with Crippen LogP contribution in [-0.4, -0.2) is 12.3 Å². The molecule has 0 saturated carbocycles. The molecule has 0 fully saturated rings. The van der Waals surface area contributed by atoms with E-state index in [1.54, 1.807) is 24.3 Å². The fourth-order valence-corrected chi connectivity index (χ4v) is 0.730. The number of para-hydroxylation sites is 1. The predicted octanol–water partition coefficient (Wildman–Crippen LogP) is 1.18. The SMILES string of the molecule is O=CCC(=O)Oc1ccccc1. The maximum Gasteiger partial charge on any atom is 0.318 e. The number of carbonyl (C=O) groups excluding carboxylic acids is 2. The molecular formula is C9H8O3. The fourth-order valence-electron chi connectivity index (χ4n) is 0.730. The van der Waals surface area contributed by atoms with Gasteiger partial charge in [0.25, 0.3) is 0 Å². The molecule has 0 radical (unpaired) electrons. The van der Waals surface area contributed by atoms with Crippen molar-refractivity contribution in [2.75, 3.05) is 0 Å². The molecule has 3 nitrogen and oxygen atoms in total. The zero-order valence-electron chi connectivity index (χ0n) is 6.40. The third-order valence-electron chi connectivity index (χ3n) is 1.22. The lowest BCUT2D eigenvalue weighted by molar-refractivity contribution is -0.135. The van der Waals surface area contributed by atoms with E-state index in [-0.39, 0.29) is 6.42 Å². The summed E-state index contributed by atoms with van der Waals surface area (Å²) in [4.78, 5) is 20.7. The lowest BCUT2D eigenvalue weighted by Crippen LogP contribution is -2.07. The van der Waals surface area contributed by atoms with E-state index in [2.05, 4.69) is 0 Å². The molecule has 1 aromatic carbocycles. The average molecular weight is 164 g/mol. The van der Waals surface area contributed by atoms with Crippen LogP contribution in [0, 0.1) is 0 Å². The van der Waals surface area contributed by atoms with Crippen LogP contribution in [0.5, 0.6) is 5.75 Å². The third kappa shape index (κ3) is 2.54. The van der Waals surface area contributed by atoms with Crippen molar-refractivity contribution in [1.82, 2.24) is 0 Å². The second-order valence-corrected chi connectivity index (χ2v) is 2.16. The number of hydrogen-bond acceptors (Lipinski definition) is 3. The summed E-state index contributed by atoms with van der Waals surface area (Å²) < 4.78 is 4.78. The number of rotatable bonds is 3. The zero-order valence-corrected chi connectivity index (χ0v) is 6.40. The highest BCUT2D eigenvalue weighted by atomic mass is 16.5. The van der Waals surface area contributed by atoms with Crippen LogP contribution in [0.3, 0.4) is 0 Å². The minimum absolute atomic E-state index is 0.200. The van der Waals surface area contributed by atoms with Gasteiger partial charge >= 0.3 is 5.97 Å². The molecule has 12 heavy (non-hydrogen) atoms. The number of hydrogen-bond donors (Lipinski definition) is 0. The number of ether oxygens (including phenoxy) is 1. The maximum absolute atomic E-state index is 10.8. The molecule has 0 bridgehead atoms. The van der Waals surface area contributed by atoms with Crippen LogP contribution < -0.4 is 4.74 Å². The molecule has 0 heterocycles. The number of benzene rings is 1. The van der Waals surface area contributed by atoms with Gasteiger partial charge in [0.05, 0.1) is 0 Å². The number of aldehydes is 1. The molecule has 0 aliphatic heterocycles. The van der Waals surface area contributed by atoms with E-state index in [4.69, 9.17) is 4.74 Å². The Balaban J connectivity index is 2.52. The quantitative estimate of drug-likeness (QED) is 0.291. The van der Waals surface area contributed by atoms with Crippen LogP contribution in [0.2, 0.25) is 0 Å². The van der Waals surface area contributed by atoms with E-state index in [1.165, 1.54) is 0 Å². The summed E-state index contributed by atoms with van der Waals surface area (Å²) in [5.41, 5.74) is 0. The van der Waals surface area contributed by atoms with Gasteiger partial charge in [0, 0.05) is 0 Å². The average Bonchev–Trinajstić information content (AvgIpc) is 2.06. The van der Waals surface area contributed by atoms with E-state index in [0.29, 0.717) is 12.0 Å². The Kier molecular flexibility index (Phi) is 3.02. The molecule has 0 atom stereocenters. The van der Waals surface area contributed by atoms with E-state index in [1.807, 2.05) is 6.07 Å². The highest BCUT2D eigenvalue weighted by molar-refractivity contribution is 5.85. The summed E-state index contributed by atoms with van der Waals surface area (Å²) in [7, 11) is 0. The Hall–Kier alpha value is -1.64. The molecule has 0 saturated heterocycles. The highest BCUT2D eigenvalue weighted by Gasteiger charge is 2.01. The van der Waals surface area contributed by atoms with Crippen molar-refractivity contribution >= 4 is 12.3 Å². The van der Waals surface area contributed by atoms with Crippen molar-refractivity contribution in [3.05, 3.63) is 30.3 Å². The van der Waals surface area contributed by atoms with Crippen LogP contribution in [-0.2, 0) is 9.59 Å². The lowest BCUT2D eigenvalue weighted by atomic mass is 10.3. The van der Waals surface area contributed by atoms with Crippen LogP contribution in [0.4, 0.5) is 0 Å². The molecule has 3 heteroatoms. The van der Waals surface area contributed by atoms with Gasteiger partial charge in [-0.3, -0.25) is 4.79 Å². The zero-order chi connectivity index (χ0) is 8.81. The number of carbonyl (C=O) groups is 2. The summed E-state index contributed by atoms with van der Waals surface area (Å²) >= 11 is 0.